The minimum absolute atomic E-state index is 0.158. The first-order valence-corrected chi connectivity index (χ1v) is 13.3. The van der Waals surface area contributed by atoms with Crippen LogP contribution in [0.5, 0.6) is 11.5 Å². The Bertz CT molecular complexity index is 550. The Labute approximate surface area is 140 Å². The molecule has 0 aromatic heterocycles. The number of methoxy groups -OCH3 is 2. The molecular formula is C14H18O8Pb. The van der Waals surface area contributed by atoms with Crippen molar-refractivity contribution >= 4 is 43.6 Å². The monoisotopic (exact) mass is 522 g/mol. The molecule has 0 saturated carbocycles. The summed E-state index contributed by atoms with van der Waals surface area (Å²) in [5.74, 6) is -1.78. The summed E-state index contributed by atoms with van der Waals surface area (Å²) < 4.78 is 26.4. The van der Waals surface area contributed by atoms with E-state index in [0.29, 0.717) is 0 Å². The van der Waals surface area contributed by atoms with Crippen LogP contribution in [0, 0.1) is 0 Å². The number of carbonyl (C=O) groups excluding carboxylic acids is 3. The predicted molar refractivity (Wildman–Crippen MR) is 80.2 cm³/mol. The van der Waals surface area contributed by atoms with Gasteiger partial charge in [0.05, 0.1) is 0 Å². The molecule has 0 aliphatic rings. The Balaban J connectivity index is 3.69. The average Bonchev–Trinajstić information content (AvgIpc) is 2.43. The van der Waals surface area contributed by atoms with Crippen LogP contribution in [0.25, 0.3) is 0 Å². The predicted octanol–water partition coefficient (Wildman–Crippen LogP) is 0.539. The van der Waals surface area contributed by atoms with Gasteiger partial charge in [-0.1, -0.05) is 0 Å². The van der Waals surface area contributed by atoms with Gasteiger partial charge in [-0.25, -0.2) is 0 Å². The van der Waals surface area contributed by atoms with Gasteiger partial charge in [0.25, 0.3) is 0 Å². The van der Waals surface area contributed by atoms with Crippen LogP contribution in [-0.4, -0.2) is 54.7 Å². The van der Waals surface area contributed by atoms with E-state index in [0.717, 1.165) is 20.8 Å². The molecule has 0 aliphatic heterocycles. The molecule has 0 saturated heterocycles. The van der Waals surface area contributed by atoms with E-state index in [-0.39, 0.29) is 14.6 Å². The van der Waals surface area contributed by atoms with Crippen molar-refractivity contribution in [1.82, 2.24) is 0 Å². The summed E-state index contributed by atoms with van der Waals surface area (Å²) in [6.07, 6.45) is 0. The molecule has 23 heavy (non-hydrogen) atoms. The third kappa shape index (κ3) is 4.81. The van der Waals surface area contributed by atoms with Crippen molar-refractivity contribution in [1.29, 1.82) is 0 Å². The SMILES string of the molecule is COc1cccc(OC)[c]1[Pb]([O]C(C)=O)([O]C(C)=O)[O]C(C)=O. The summed E-state index contributed by atoms with van der Waals surface area (Å²) in [6.45, 7) is 3.39. The summed E-state index contributed by atoms with van der Waals surface area (Å²) in [5.41, 5.74) is 0. The van der Waals surface area contributed by atoms with Crippen molar-refractivity contribution in [3.63, 3.8) is 0 Å². The van der Waals surface area contributed by atoms with Crippen LogP contribution >= 0.6 is 0 Å². The molecule has 0 bridgehead atoms. The van der Waals surface area contributed by atoms with Gasteiger partial charge in [-0.3, -0.25) is 0 Å². The fourth-order valence-electron chi connectivity index (χ4n) is 1.94. The fraction of sp³-hybridized carbons (Fsp3) is 0.357. The van der Waals surface area contributed by atoms with Gasteiger partial charge >= 0.3 is 140 Å². The van der Waals surface area contributed by atoms with E-state index in [1.807, 2.05) is 0 Å². The van der Waals surface area contributed by atoms with Crippen molar-refractivity contribution in [2.24, 2.45) is 0 Å². The molecule has 9 heteroatoms. The number of ether oxygens (including phenoxy) is 2. The zero-order chi connectivity index (χ0) is 17.6. The van der Waals surface area contributed by atoms with E-state index in [9.17, 15) is 14.4 Å². The van der Waals surface area contributed by atoms with Crippen molar-refractivity contribution in [3.05, 3.63) is 18.2 Å². The number of benzene rings is 1. The molecule has 0 radical (unpaired) electrons. The normalized spacial score (nSPS) is 10.5. The molecule has 0 N–H and O–H groups in total. The van der Waals surface area contributed by atoms with E-state index in [4.69, 9.17) is 17.5 Å². The maximum absolute atomic E-state index is 11.6. The summed E-state index contributed by atoms with van der Waals surface area (Å²) >= 11 is -5.39. The Morgan fingerprint density at radius 1 is 0.783 bits per heavy atom. The Hall–Kier alpha value is -1.85. The van der Waals surface area contributed by atoms with E-state index in [1.165, 1.54) is 14.2 Å². The zero-order valence-electron chi connectivity index (χ0n) is 13.5. The number of carbonyl (C=O) groups is 3. The summed E-state index contributed by atoms with van der Waals surface area (Å²) in [4.78, 5) is 34.7. The molecule has 0 spiro atoms. The van der Waals surface area contributed by atoms with Crippen molar-refractivity contribution < 1.29 is 31.9 Å². The quantitative estimate of drug-likeness (QED) is 0.501. The van der Waals surface area contributed by atoms with Crippen LogP contribution in [0.1, 0.15) is 20.8 Å². The van der Waals surface area contributed by atoms with E-state index in [2.05, 4.69) is 0 Å². The molecule has 0 atom stereocenters. The molecule has 0 unspecified atom stereocenters. The molecule has 8 nitrogen and oxygen atoms in total. The fourth-order valence-corrected chi connectivity index (χ4v) is 11.8. The molecule has 0 heterocycles. The Kier molecular flexibility index (Phi) is 6.79. The molecule has 0 fully saturated rings. The zero-order valence-corrected chi connectivity index (χ0v) is 17.4. The first-order chi connectivity index (χ1) is 10.8. The summed E-state index contributed by atoms with van der Waals surface area (Å²) in [7, 11) is 2.76. The minimum atomic E-state index is -5.39. The standard InChI is InChI=1S/C8H9O2.3C2H4O2.Pb/c1-9-7-4-3-5-8(6-7)10-2;3*1-2(3)4;/h3-5H,1-2H3;3*1H3,(H,3,4);/q;;;;+3/p-3. The second kappa shape index (κ2) is 8.13. The van der Waals surface area contributed by atoms with Crippen LogP contribution in [0.15, 0.2) is 18.2 Å². The van der Waals surface area contributed by atoms with Gasteiger partial charge in [-0.05, 0) is 0 Å². The third-order valence-corrected chi connectivity index (χ3v) is 13.4. The van der Waals surface area contributed by atoms with Gasteiger partial charge in [0.2, 0.25) is 0 Å². The topological polar surface area (TPSA) is 97.4 Å². The van der Waals surface area contributed by atoms with Crippen LogP contribution in [-0.2, 0) is 22.4 Å². The van der Waals surface area contributed by atoms with E-state index < -0.39 is 40.4 Å². The van der Waals surface area contributed by atoms with E-state index in [1.54, 1.807) is 18.2 Å². The molecular weight excluding hydrogens is 503 g/mol. The van der Waals surface area contributed by atoms with Gasteiger partial charge < -0.3 is 0 Å². The number of hydrogen-bond acceptors (Lipinski definition) is 8. The van der Waals surface area contributed by atoms with Crippen LogP contribution < -0.4 is 12.6 Å². The van der Waals surface area contributed by atoms with Crippen molar-refractivity contribution in [2.45, 2.75) is 20.8 Å². The second-order valence-corrected chi connectivity index (χ2v) is 13.0. The second-order valence-electron chi connectivity index (χ2n) is 4.37. The molecule has 1 aromatic carbocycles. The van der Waals surface area contributed by atoms with Crippen molar-refractivity contribution in [3.8, 4) is 11.5 Å². The van der Waals surface area contributed by atoms with Gasteiger partial charge in [0, 0.05) is 0 Å². The Morgan fingerprint density at radius 3 is 1.39 bits per heavy atom. The Morgan fingerprint density at radius 2 is 1.13 bits per heavy atom. The first-order valence-electron chi connectivity index (χ1n) is 6.56. The van der Waals surface area contributed by atoms with E-state index >= 15 is 0 Å². The first kappa shape index (κ1) is 19.2. The summed E-state index contributed by atoms with van der Waals surface area (Å²) in [5, 5.41) is 0. The molecule has 1 aromatic rings. The van der Waals surface area contributed by atoms with Gasteiger partial charge in [0.1, 0.15) is 0 Å². The van der Waals surface area contributed by atoms with Gasteiger partial charge in [-0.15, -0.1) is 0 Å². The maximum atomic E-state index is 11.6. The number of hydrogen-bond donors (Lipinski definition) is 0. The van der Waals surface area contributed by atoms with Crippen LogP contribution in [0.4, 0.5) is 0 Å². The van der Waals surface area contributed by atoms with Crippen LogP contribution in [0.2, 0.25) is 0 Å². The average molecular weight is 521 g/mol. The molecule has 1 rings (SSSR count). The molecule has 126 valence electrons. The number of rotatable bonds is 6. The van der Waals surface area contributed by atoms with Crippen LogP contribution in [0.3, 0.4) is 0 Å². The summed E-state index contributed by atoms with van der Waals surface area (Å²) in [6, 6.07) is 4.75. The molecule has 0 aliphatic carbocycles. The third-order valence-electron chi connectivity index (χ3n) is 2.57. The van der Waals surface area contributed by atoms with Gasteiger partial charge in [0.15, 0.2) is 0 Å². The van der Waals surface area contributed by atoms with Gasteiger partial charge in [-0.2, -0.15) is 0 Å². The van der Waals surface area contributed by atoms with Crippen molar-refractivity contribution in [2.75, 3.05) is 14.2 Å². The molecule has 0 amide bonds.